The van der Waals surface area contributed by atoms with E-state index in [0.29, 0.717) is 24.3 Å². The normalized spacial score (nSPS) is 20.2. The molecule has 0 saturated carbocycles. The van der Waals surface area contributed by atoms with E-state index in [4.69, 9.17) is 9.47 Å². The molecule has 1 amide bonds. The van der Waals surface area contributed by atoms with Crippen LogP contribution in [0.1, 0.15) is 32.3 Å². The maximum atomic E-state index is 12.5. The van der Waals surface area contributed by atoms with Crippen LogP contribution >= 0.6 is 0 Å². The molecular weight excluding hydrogens is 322 g/mol. The van der Waals surface area contributed by atoms with Gasteiger partial charge in [0.15, 0.2) is 11.5 Å². The van der Waals surface area contributed by atoms with Gasteiger partial charge in [0.25, 0.3) is 0 Å². The molecule has 0 fully saturated rings. The molecule has 2 atom stereocenters. The van der Waals surface area contributed by atoms with Crippen LogP contribution in [0.25, 0.3) is 0 Å². The third-order valence-electron chi connectivity index (χ3n) is 4.82. The summed E-state index contributed by atoms with van der Waals surface area (Å²) in [6, 6.07) is 5.38. The lowest BCUT2D eigenvalue weighted by molar-refractivity contribution is -0.313. The number of benzene rings is 1. The van der Waals surface area contributed by atoms with Crippen molar-refractivity contribution >= 4 is 11.9 Å². The molecule has 0 heterocycles. The Bertz CT molecular complexity index is 695. The second-order valence-electron chi connectivity index (χ2n) is 6.41. The van der Waals surface area contributed by atoms with Gasteiger partial charge in [0.05, 0.1) is 14.2 Å². The molecule has 6 nitrogen and oxygen atoms in total. The summed E-state index contributed by atoms with van der Waals surface area (Å²) in [7, 11) is 3.10. The Hall–Kier alpha value is -2.50. The third-order valence-corrected chi connectivity index (χ3v) is 4.82. The van der Waals surface area contributed by atoms with Gasteiger partial charge in [0.1, 0.15) is 0 Å². The number of carboxylic acid groups (broad SMARTS) is 1. The zero-order valence-electron chi connectivity index (χ0n) is 15.0. The quantitative estimate of drug-likeness (QED) is 0.788. The number of rotatable bonds is 6. The van der Waals surface area contributed by atoms with Crippen LogP contribution in [0.4, 0.5) is 0 Å². The van der Waals surface area contributed by atoms with Crippen LogP contribution in [0, 0.1) is 11.8 Å². The summed E-state index contributed by atoms with van der Waals surface area (Å²) in [5.74, 6) is -1.64. The Balaban J connectivity index is 2.07. The van der Waals surface area contributed by atoms with Crippen LogP contribution in [0.5, 0.6) is 11.5 Å². The van der Waals surface area contributed by atoms with Gasteiger partial charge in [0.2, 0.25) is 5.91 Å². The van der Waals surface area contributed by atoms with E-state index in [0.717, 1.165) is 16.7 Å². The number of carbonyl (C=O) groups is 2. The highest BCUT2D eigenvalue weighted by atomic mass is 16.5. The first-order valence-corrected chi connectivity index (χ1v) is 8.22. The molecule has 0 aromatic heterocycles. The molecule has 0 bridgehead atoms. The molecule has 1 aromatic carbocycles. The van der Waals surface area contributed by atoms with E-state index >= 15 is 0 Å². The van der Waals surface area contributed by atoms with Crippen molar-refractivity contribution in [1.82, 2.24) is 5.32 Å². The van der Waals surface area contributed by atoms with Crippen molar-refractivity contribution in [2.75, 3.05) is 14.2 Å². The average molecular weight is 346 g/mol. The summed E-state index contributed by atoms with van der Waals surface area (Å²) in [4.78, 5) is 23.9. The monoisotopic (exact) mass is 346 g/mol. The molecule has 1 aliphatic rings. The second kappa shape index (κ2) is 8.05. The lowest BCUT2D eigenvalue weighted by Crippen LogP contribution is -2.44. The second-order valence-corrected chi connectivity index (χ2v) is 6.41. The van der Waals surface area contributed by atoms with E-state index in [1.807, 2.05) is 19.9 Å². The highest BCUT2D eigenvalue weighted by Gasteiger charge is 2.33. The topological polar surface area (TPSA) is 87.7 Å². The minimum atomic E-state index is -1.17. The van der Waals surface area contributed by atoms with Crippen LogP contribution in [0.2, 0.25) is 0 Å². The molecule has 0 aliphatic heterocycles. The number of aliphatic carboxylic acids is 1. The van der Waals surface area contributed by atoms with Gasteiger partial charge in [-0.1, -0.05) is 17.2 Å². The summed E-state index contributed by atoms with van der Waals surface area (Å²) < 4.78 is 10.4. The molecule has 0 spiro atoms. The maximum Gasteiger partial charge on any atom is 0.224 e. The highest BCUT2D eigenvalue weighted by molar-refractivity contribution is 5.85. The van der Waals surface area contributed by atoms with Crippen LogP contribution in [-0.4, -0.2) is 26.1 Å². The third kappa shape index (κ3) is 4.32. The van der Waals surface area contributed by atoms with Crippen molar-refractivity contribution in [2.24, 2.45) is 11.8 Å². The molecule has 6 heteroatoms. The van der Waals surface area contributed by atoms with Gasteiger partial charge in [0, 0.05) is 24.3 Å². The van der Waals surface area contributed by atoms with Crippen LogP contribution in [0.3, 0.4) is 0 Å². The number of carboxylic acids is 1. The van der Waals surface area contributed by atoms with Gasteiger partial charge in [-0.05, 0) is 44.4 Å². The van der Waals surface area contributed by atoms with Gasteiger partial charge < -0.3 is 24.7 Å². The number of ether oxygens (including phenoxy) is 2. The number of methoxy groups -OCH3 is 2. The molecule has 0 unspecified atom stereocenters. The number of hydrogen-bond acceptors (Lipinski definition) is 5. The van der Waals surface area contributed by atoms with Crippen LogP contribution < -0.4 is 19.9 Å². The molecule has 1 aromatic rings. The van der Waals surface area contributed by atoms with Crippen LogP contribution in [-0.2, 0) is 16.1 Å². The first-order valence-electron chi connectivity index (χ1n) is 8.22. The van der Waals surface area contributed by atoms with Crippen LogP contribution in [0.15, 0.2) is 29.3 Å². The van der Waals surface area contributed by atoms with E-state index < -0.39 is 17.8 Å². The van der Waals surface area contributed by atoms with Crippen molar-refractivity contribution in [3.05, 3.63) is 34.9 Å². The number of nitrogens with one attached hydrogen (secondary N) is 1. The smallest absolute Gasteiger partial charge is 0.224 e. The zero-order valence-corrected chi connectivity index (χ0v) is 15.0. The summed E-state index contributed by atoms with van der Waals surface area (Å²) in [5.41, 5.74) is 2.94. The molecule has 0 radical (unpaired) electrons. The molecule has 25 heavy (non-hydrogen) atoms. The van der Waals surface area contributed by atoms with Gasteiger partial charge in [-0.25, -0.2) is 0 Å². The largest absolute Gasteiger partial charge is 0.550 e. The molecule has 1 N–H and O–H groups in total. The van der Waals surface area contributed by atoms with Gasteiger partial charge in [-0.2, -0.15) is 0 Å². The molecular formula is C19H24NO5-. The summed E-state index contributed by atoms with van der Waals surface area (Å²) in [6.45, 7) is 4.13. The van der Waals surface area contributed by atoms with E-state index in [1.165, 1.54) is 0 Å². The first kappa shape index (κ1) is 18.8. The van der Waals surface area contributed by atoms with Gasteiger partial charge in [-0.3, -0.25) is 4.79 Å². The zero-order chi connectivity index (χ0) is 18.6. The first-order chi connectivity index (χ1) is 11.9. The van der Waals surface area contributed by atoms with Gasteiger partial charge in [-0.15, -0.1) is 0 Å². The van der Waals surface area contributed by atoms with E-state index in [9.17, 15) is 14.7 Å². The van der Waals surface area contributed by atoms with Crippen molar-refractivity contribution in [2.45, 2.75) is 33.2 Å². The minimum Gasteiger partial charge on any atom is -0.550 e. The van der Waals surface area contributed by atoms with Crippen molar-refractivity contribution < 1.29 is 24.2 Å². The Morgan fingerprint density at radius 3 is 2.24 bits per heavy atom. The maximum absolute atomic E-state index is 12.5. The Morgan fingerprint density at radius 1 is 1.08 bits per heavy atom. The van der Waals surface area contributed by atoms with E-state index in [1.54, 1.807) is 26.4 Å². The molecule has 136 valence electrons. The average Bonchev–Trinajstić information content (AvgIpc) is 2.60. The standard InChI is InChI=1S/C19H25NO5/c1-11-7-14(15(19(22)23)8-12(11)2)18(21)20-10-13-5-6-16(24-3)17(9-13)25-4/h5-6,9,14-15H,7-8,10H2,1-4H3,(H,20,21)(H,22,23)/p-1/t14-,15-/m0/s1. The molecule has 2 rings (SSSR count). The predicted octanol–water partition coefficient (Wildman–Crippen LogP) is 1.43. The number of hydrogen-bond donors (Lipinski definition) is 1. The lowest BCUT2D eigenvalue weighted by Gasteiger charge is -2.32. The number of amides is 1. The van der Waals surface area contributed by atoms with Gasteiger partial charge >= 0.3 is 0 Å². The number of carbonyl (C=O) groups excluding carboxylic acids is 2. The summed E-state index contributed by atoms with van der Waals surface area (Å²) >= 11 is 0. The van der Waals surface area contributed by atoms with Crippen molar-refractivity contribution in [1.29, 1.82) is 0 Å². The van der Waals surface area contributed by atoms with Crippen molar-refractivity contribution in [3.63, 3.8) is 0 Å². The Kier molecular flexibility index (Phi) is 6.07. The summed E-state index contributed by atoms with van der Waals surface area (Å²) in [6.07, 6.45) is 0.810. The fourth-order valence-corrected chi connectivity index (χ4v) is 3.13. The minimum absolute atomic E-state index is 0.268. The highest BCUT2D eigenvalue weighted by Crippen LogP contribution is 2.34. The summed E-state index contributed by atoms with van der Waals surface area (Å²) in [5, 5.41) is 14.2. The SMILES string of the molecule is COc1ccc(CNC(=O)[C@H]2CC(C)=C(C)C[C@@H]2C(=O)[O-])cc1OC. The Labute approximate surface area is 147 Å². The lowest BCUT2D eigenvalue weighted by atomic mass is 9.76. The number of allylic oxidation sites excluding steroid dienone is 2. The molecule has 1 aliphatic carbocycles. The predicted molar refractivity (Wildman–Crippen MR) is 91.0 cm³/mol. The van der Waals surface area contributed by atoms with E-state index in [2.05, 4.69) is 5.32 Å². The van der Waals surface area contributed by atoms with Crippen molar-refractivity contribution in [3.8, 4) is 11.5 Å². The molecule has 0 saturated heterocycles. The fourth-order valence-electron chi connectivity index (χ4n) is 3.13. The van der Waals surface area contributed by atoms with E-state index in [-0.39, 0.29) is 12.5 Å². The Morgan fingerprint density at radius 2 is 1.68 bits per heavy atom. The fraction of sp³-hybridized carbons (Fsp3) is 0.474.